The van der Waals surface area contributed by atoms with Crippen LogP contribution in [0.5, 0.6) is 0 Å². The molecular formula is C42H76O5. The number of aliphatic hydroxyl groups excluding tert-OH is 1. The van der Waals surface area contributed by atoms with Crippen molar-refractivity contribution in [2.24, 2.45) is 0 Å². The fourth-order valence-corrected chi connectivity index (χ4v) is 5.69. The number of aliphatic hydroxyl groups is 1. The van der Waals surface area contributed by atoms with Gasteiger partial charge in [-0.15, -0.1) is 0 Å². The maximum absolute atomic E-state index is 12.2. The van der Waals surface area contributed by atoms with Crippen molar-refractivity contribution in [2.45, 2.75) is 206 Å². The van der Waals surface area contributed by atoms with Crippen LogP contribution in [-0.2, 0) is 19.1 Å². The molecule has 0 bridgehead atoms. The van der Waals surface area contributed by atoms with Crippen LogP contribution in [-0.4, -0.2) is 36.4 Å². The minimum Gasteiger partial charge on any atom is -0.462 e. The third-order valence-corrected chi connectivity index (χ3v) is 8.70. The molecule has 0 amide bonds. The van der Waals surface area contributed by atoms with E-state index >= 15 is 0 Å². The Bertz CT molecular complexity index is 756. The average molecular weight is 661 g/mol. The van der Waals surface area contributed by atoms with Crippen LogP contribution in [0.25, 0.3) is 0 Å². The topological polar surface area (TPSA) is 72.8 Å². The summed E-state index contributed by atoms with van der Waals surface area (Å²) in [5.74, 6) is -0.605. The van der Waals surface area contributed by atoms with Crippen LogP contribution in [0.3, 0.4) is 0 Å². The number of ether oxygens (including phenoxy) is 2. The molecule has 274 valence electrons. The van der Waals surface area contributed by atoms with Gasteiger partial charge in [0.15, 0.2) is 6.10 Å². The zero-order chi connectivity index (χ0) is 34.3. The number of rotatable bonds is 36. The van der Waals surface area contributed by atoms with Gasteiger partial charge >= 0.3 is 11.9 Å². The van der Waals surface area contributed by atoms with Crippen molar-refractivity contribution in [3.8, 4) is 0 Å². The largest absolute Gasteiger partial charge is 0.462 e. The quantitative estimate of drug-likeness (QED) is 0.0411. The first kappa shape index (κ1) is 45.1. The Morgan fingerprint density at radius 1 is 0.511 bits per heavy atom. The molecule has 5 nitrogen and oxygen atoms in total. The van der Waals surface area contributed by atoms with Crippen LogP contribution < -0.4 is 0 Å². The van der Waals surface area contributed by atoms with E-state index < -0.39 is 6.10 Å². The predicted molar refractivity (Wildman–Crippen MR) is 201 cm³/mol. The molecule has 0 aliphatic rings. The van der Waals surface area contributed by atoms with Crippen LogP contribution in [0.2, 0.25) is 0 Å². The molecule has 0 fully saturated rings. The van der Waals surface area contributed by atoms with Crippen LogP contribution in [0.1, 0.15) is 200 Å². The molecule has 0 aromatic carbocycles. The lowest BCUT2D eigenvalue weighted by Crippen LogP contribution is -2.28. The summed E-state index contributed by atoms with van der Waals surface area (Å²) in [6.07, 6.45) is 46.4. The van der Waals surface area contributed by atoms with Crippen molar-refractivity contribution >= 4 is 11.9 Å². The third-order valence-electron chi connectivity index (χ3n) is 8.70. The first-order valence-corrected chi connectivity index (χ1v) is 20.0. The Balaban J connectivity index is 3.54. The molecule has 1 unspecified atom stereocenters. The average Bonchev–Trinajstić information content (AvgIpc) is 3.07. The van der Waals surface area contributed by atoms with Gasteiger partial charge in [0.1, 0.15) is 6.61 Å². The molecule has 0 aliphatic heterocycles. The van der Waals surface area contributed by atoms with Crippen molar-refractivity contribution in [2.75, 3.05) is 13.2 Å². The van der Waals surface area contributed by atoms with E-state index in [4.69, 9.17) is 9.47 Å². The number of hydrogen-bond donors (Lipinski definition) is 1. The number of esters is 2. The van der Waals surface area contributed by atoms with Crippen molar-refractivity contribution < 1.29 is 24.2 Å². The first-order chi connectivity index (χ1) is 23.1. The molecule has 0 spiro atoms. The van der Waals surface area contributed by atoms with Crippen LogP contribution in [0.4, 0.5) is 0 Å². The Kier molecular flexibility index (Phi) is 37.0. The van der Waals surface area contributed by atoms with E-state index in [0.717, 1.165) is 70.6 Å². The monoisotopic (exact) mass is 661 g/mol. The SMILES string of the molecule is CC/C=C\C/C=C\C/C=C\CCCCCCCC(=O)OC(CO)COC(=O)CCCCCCCCCCCCCCCCCCCC. The molecule has 0 aliphatic carbocycles. The highest BCUT2D eigenvalue weighted by Crippen LogP contribution is 2.15. The zero-order valence-corrected chi connectivity index (χ0v) is 31.0. The minimum atomic E-state index is -0.777. The lowest BCUT2D eigenvalue weighted by atomic mass is 10.0. The van der Waals surface area contributed by atoms with E-state index in [1.807, 2.05) is 0 Å². The Morgan fingerprint density at radius 3 is 1.38 bits per heavy atom. The Labute approximate surface area is 291 Å². The lowest BCUT2D eigenvalue weighted by molar-refractivity contribution is -0.161. The Hall–Kier alpha value is -1.88. The molecule has 0 saturated carbocycles. The van der Waals surface area contributed by atoms with E-state index in [9.17, 15) is 14.7 Å². The highest BCUT2D eigenvalue weighted by molar-refractivity contribution is 5.70. The summed E-state index contributed by atoms with van der Waals surface area (Å²) in [5, 5.41) is 9.55. The van der Waals surface area contributed by atoms with Gasteiger partial charge in [0.25, 0.3) is 0 Å². The molecule has 0 rings (SSSR count). The van der Waals surface area contributed by atoms with Crippen molar-refractivity contribution in [1.29, 1.82) is 0 Å². The summed E-state index contributed by atoms with van der Waals surface area (Å²) in [6, 6.07) is 0. The summed E-state index contributed by atoms with van der Waals surface area (Å²) in [7, 11) is 0. The van der Waals surface area contributed by atoms with E-state index in [0.29, 0.717) is 12.8 Å². The summed E-state index contributed by atoms with van der Waals surface area (Å²) in [5.41, 5.74) is 0. The number of hydrogen-bond acceptors (Lipinski definition) is 5. The number of unbranched alkanes of at least 4 members (excludes halogenated alkanes) is 22. The van der Waals surface area contributed by atoms with Gasteiger partial charge in [0.2, 0.25) is 0 Å². The summed E-state index contributed by atoms with van der Waals surface area (Å²) in [6.45, 7) is 4.02. The van der Waals surface area contributed by atoms with Crippen LogP contribution >= 0.6 is 0 Å². The van der Waals surface area contributed by atoms with E-state index in [1.54, 1.807) is 0 Å². The fraction of sp³-hybridized carbons (Fsp3) is 0.810. The first-order valence-electron chi connectivity index (χ1n) is 20.0. The van der Waals surface area contributed by atoms with E-state index in [2.05, 4.69) is 50.3 Å². The highest BCUT2D eigenvalue weighted by Gasteiger charge is 2.16. The summed E-state index contributed by atoms with van der Waals surface area (Å²) >= 11 is 0. The fourth-order valence-electron chi connectivity index (χ4n) is 5.69. The molecule has 0 heterocycles. The zero-order valence-electron chi connectivity index (χ0n) is 31.0. The normalized spacial score (nSPS) is 12.5. The second kappa shape index (κ2) is 38.6. The van der Waals surface area contributed by atoms with Gasteiger partial charge in [-0.25, -0.2) is 0 Å². The van der Waals surface area contributed by atoms with Gasteiger partial charge in [-0.1, -0.05) is 179 Å². The number of allylic oxidation sites excluding steroid dienone is 6. The minimum absolute atomic E-state index is 0.0701. The summed E-state index contributed by atoms with van der Waals surface area (Å²) in [4.78, 5) is 24.2. The molecular weight excluding hydrogens is 584 g/mol. The molecule has 5 heteroatoms. The summed E-state index contributed by atoms with van der Waals surface area (Å²) < 4.78 is 10.6. The van der Waals surface area contributed by atoms with Crippen LogP contribution in [0, 0.1) is 0 Å². The molecule has 1 atom stereocenters. The van der Waals surface area contributed by atoms with Gasteiger partial charge in [-0.2, -0.15) is 0 Å². The van der Waals surface area contributed by atoms with Crippen molar-refractivity contribution in [3.05, 3.63) is 36.5 Å². The molecule has 47 heavy (non-hydrogen) atoms. The third kappa shape index (κ3) is 36.8. The molecule has 0 saturated heterocycles. The van der Waals surface area contributed by atoms with Gasteiger partial charge in [-0.05, 0) is 44.9 Å². The molecule has 0 radical (unpaired) electrons. The van der Waals surface area contributed by atoms with E-state index in [-0.39, 0.29) is 25.2 Å². The number of carbonyl (C=O) groups is 2. The van der Waals surface area contributed by atoms with Gasteiger partial charge in [-0.3, -0.25) is 9.59 Å². The van der Waals surface area contributed by atoms with Crippen molar-refractivity contribution in [1.82, 2.24) is 0 Å². The van der Waals surface area contributed by atoms with Crippen LogP contribution in [0.15, 0.2) is 36.5 Å². The van der Waals surface area contributed by atoms with Gasteiger partial charge < -0.3 is 14.6 Å². The second-order valence-electron chi connectivity index (χ2n) is 13.3. The second-order valence-corrected chi connectivity index (χ2v) is 13.3. The number of carbonyl (C=O) groups excluding carboxylic acids is 2. The maximum atomic E-state index is 12.2. The maximum Gasteiger partial charge on any atom is 0.306 e. The van der Waals surface area contributed by atoms with E-state index in [1.165, 1.54) is 103 Å². The smallest absolute Gasteiger partial charge is 0.306 e. The molecule has 0 aromatic rings. The van der Waals surface area contributed by atoms with Crippen molar-refractivity contribution in [3.63, 3.8) is 0 Å². The van der Waals surface area contributed by atoms with Gasteiger partial charge in [0.05, 0.1) is 6.61 Å². The highest BCUT2D eigenvalue weighted by atomic mass is 16.6. The standard InChI is InChI=1S/C42H76O5/c1-3-5-7-9-11-13-15-17-19-20-21-23-24-26-28-30-32-34-36-41(44)46-39-40(38-43)47-42(45)37-35-33-31-29-27-25-22-18-16-14-12-10-8-6-4-2/h6,8,12,14,18,22,40,43H,3-5,7,9-11,13,15-17,19-21,23-39H2,1-2H3/b8-6-,14-12-,22-18-. The lowest BCUT2D eigenvalue weighted by Gasteiger charge is -2.15. The molecule has 1 N–H and O–H groups in total. The predicted octanol–water partition coefficient (Wildman–Crippen LogP) is 12.5. The van der Waals surface area contributed by atoms with Gasteiger partial charge in [0, 0.05) is 12.8 Å². The Morgan fingerprint density at radius 2 is 0.915 bits per heavy atom. The molecule has 0 aromatic heterocycles.